The van der Waals surface area contributed by atoms with Gasteiger partial charge >= 0.3 is 0 Å². The Morgan fingerprint density at radius 2 is 1.83 bits per heavy atom. The highest BCUT2D eigenvalue weighted by Gasteiger charge is 2.18. The number of hydrogen-bond donors (Lipinski definition) is 1. The first-order valence-corrected chi connectivity index (χ1v) is 6.85. The Hall–Kier alpha value is -1.19. The van der Waals surface area contributed by atoms with Crippen molar-refractivity contribution in [3.8, 4) is 0 Å². The lowest BCUT2D eigenvalue weighted by molar-refractivity contribution is 0.621. The van der Waals surface area contributed by atoms with Gasteiger partial charge in [-0.25, -0.2) is 4.39 Å². The lowest BCUT2D eigenvalue weighted by Gasteiger charge is -2.19. The summed E-state index contributed by atoms with van der Waals surface area (Å²) in [5.74, 6) is -0.177. The van der Waals surface area contributed by atoms with Crippen LogP contribution in [0, 0.1) is 26.6 Å². The third kappa shape index (κ3) is 2.47. The van der Waals surface area contributed by atoms with Gasteiger partial charge in [-0.2, -0.15) is 0 Å². The first-order chi connectivity index (χ1) is 8.52. The molecule has 0 radical (unpaired) electrons. The van der Waals surface area contributed by atoms with E-state index in [1.807, 2.05) is 20.0 Å². The number of aryl methyl sites for hydroxylation is 3. The van der Waals surface area contributed by atoms with Gasteiger partial charge in [-0.15, -0.1) is 11.3 Å². The highest BCUT2D eigenvalue weighted by molar-refractivity contribution is 7.12. The zero-order valence-electron chi connectivity index (χ0n) is 11.2. The van der Waals surface area contributed by atoms with Gasteiger partial charge < -0.3 is 5.32 Å². The maximum atomic E-state index is 13.2. The molecule has 18 heavy (non-hydrogen) atoms. The van der Waals surface area contributed by atoms with E-state index in [2.05, 4.69) is 25.2 Å². The molecule has 0 aliphatic rings. The molecule has 0 fully saturated rings. The van der Waals surface area contributed by atoms with Crippen molar-refractivity contribution < 1.29 is 4.39 Å². The number of hydrogen-bond acceptors (Lipinski definition) is 2. The molecule has 1 atom stereocenters. The van der Waals surface area contributed by atoms with Crippen LogP contribution in [-0.2, 0) is 0 Å². The van der Waals surface area contributed by atoms with Gasteiger partial charge in [-0.05, 0) is 62.7 Å². The largest absolute Gasteiger partial charge is 0.309 e. The SMILES string of the molecule is CNC(c1ccc(F)cc1C)c1cc(C)sc1C. The van der Waals surface area contributed by atoms with Gasteiger partial charge in [0.2, 0.25) is 0 Å². The van der Waals surface area contributed by atoms with E-state index in [-0.39, 0.29) is 11.9 Å². The molecular formula is C15H18FNS. The van der Waals surface area contributed by atoms with Crippen LogP contribution in [0.15, 0.2) is 24.3 Å². The van der Waals surface area contributed by atoms with Crippen LogP contribution in [0.3, 0.4) is 0 Å². The average molecular weight is 263 g/mol. The third-order valence-electron chi connectivity index (χ3n) is 3.22. The number of thiophene rings is 1. The number of benzene rings is 1. The molecule has 2 rings (SSSR count). The minimum Gasteiger partial charge on any atom is -0.309 e. The number of halogens is 1. The van der Waals surface area contributed by atoms with Crippen molar-refractivity contribution in [1.29, 1.82) is 0 Å². The van der Waals surface area contributed by atoms with E-state index in [9.17, 15) is 4.39 Å². The van der Waals surface area contributed by atoms with Gasteiger partial charge in [0.1, 0.15) is 5.82 Å². The van der Waals surface area contributed by atoms with Crippen LogP contribution < -0.4 is 5.32 Å². The summed E-state index contributed by atoms with van der Waals surface area (Å²) in [6, 6.07) is 7.34. The fourth-order valence-corrected chi connectivity index (χ4v) is 3.34. The van der Waals surface area contributed by atoms with Crippen molar-refractivity contribution >= 4 is 11.3 Å². The first-order valence-electron chi connectivity index (χ1n) is 6.03. The summed E-state index contributed by atoms with van der Waals surface area (Å²) in [4.78, 5) is 2.62. The normalized spacial score (nSPS) is 12.7. The van der Waals surface area contributed by atoms with E-state index >= 15 is 0 Å². The van der Waals surface area contributed by atoms with Gasteiger partial charge in [-0.3, -0.25) is 0 Å². The third-order valence-corrected chi connectivity index (χ3v) is 4.20. The van der Waals surface area contributed by atoms with Gasteiger partial charge in [0, 0.05) is 9.75 Å². The first kappa shape index (κ1) is 13.2. The number of nitrogens with one attached hydrogen (secondary N) is 1. The molecule has 1 aromatic carbocycles. The van der Waals surface area contributed by atoms with Gasteiger partial charge in [0.05, 0.1) is 6.04 Å². The van der Waals surface area contributed by atoms with E-state index in [1.165, 1.54) is 21.4 Å². The van der Waals surface area contributed by atoms with Gasteiger partial charge in [0.25, 0.3) is 0 Å². The predicted octanol–water partition coefficient (Wildman–Crippen LogP) is 4.12. The summed E-state index contributed by atoms with van der Waals surface area (Å²) in [7, 11) is 1.94. The van der Waals surface area contributed by atoms with Gasteiger partial charge in [-0.1, -0.05) is 6.07 Å². The van der Waals surface area contributed by atoms with Crippen LogP contribution in [0.5, 0.6) is 0 Å². The average Bonchev–Trinajstić information content (AvgIpc) is 2.62. The standard InChI is InChI=1S/C15H18FNS/c1-9-7-12(16)5-6-13(9)15(17-4)14-8-10(2)18-11(14)3/h5-8,15,17H,1-4H3. The van der Waals surface area contributed by atoms with Crippen molar-refractivity contribution in [2.75, 3.05) is 7.05 Å². The molecule has 1 heterocycles. The van der Waals surface area contributed by atoms with Crippen LogP contribution >= 0.6 is 11.3 Å². The second kappa shape index (κ2) is 5.21. The quantitative estimate of drug-likeness (QED) is 0.878. The van der Waals surface area contributed by atoms with Crippen molar-refractivity contribution in [2.45, 2.75) is 26.8 Å². The van der Waals surface area contributed by atoms with E-state index in [0.29, 0.717) is 0 Å². The summed E-state index contributed by atoms with van der Waals surface area (Å²) in [6.45, 7) is 6.21. The van der Waals surface area contributed by atoms with Crippen LogP contribution in [0.25, 0.3) is 0 Å². The van der Waals surface area contributed by atoms with Crippen molar-refractivity contribution in [1.82, 2.24) is 5.32 Å². The minimum atomic E-state index is -0.177. The maximum Gasteiger partial charge on any atom is 0.123 e. The Labute approximate surface area is 112 Å². The molecule has 96 valence electrons. The molecule has 0 aliphatic carbocycles. The van der Waals surface area contributed by atoms with Crippen LogP contribution in [-0.4, -0.2) is 7.05 Å². The molecule has 1 unspecified atom stereocenters. The molecule has 0 spiro atoms. The van der Waals surface area contributed by atoms with Crippen molar-refractivity contribution in [3.05, 3.63) is 56.5 Å². The van der Waals surface area contributed by atoms with Crippen molar-refractivity contribution in [2.24, 2.45) is 0 Å². The summed E-state index contributed by atoms with van der Waals surface area (Å²) in [6.07, 6.45) is 0. The molecule has 1 nitrogen and oxygen atoms in total. The van der Waals surface area contributed by atoms with E-state index in [1.54, 1.807) is 17.4 Å². The van der Waals surface area contributed by atoms with Crippen LogP contribution in [0.4, 0.5) is 4.39 Å². The lowest BCUT2D eigenvalue weighted by atomic mass is 9.95. The fraction of sp³-hybridized carbons (Fsp3) is 0.333. The second-order valence-corrected chi connectivity index (χ2v) is 6.05. The molecular weight excluding hydrogens is 245 g/mol. The predicted molar refractivity (Wildman–Crippen MR) is 75.8 cm³/mol. The lowest BCUT2D eigenvalue weighted by Crippen LogP contribution is -2.19. The molecule has 1 N–H and O–H groups in total. The van der Waals surface area contributed by atoms with Crippen LogP contribution in [0.1, 0.15) is 32.5 Å². The second-order valence-electron chi connectivity index (χ2n) is 4.59. The van der Waals surface area contributed by atoms with E-state index in [0.717, 1.165) is 11.1 Å². The monoisotopic (exact) mass is 263 g/mol. The Kier molecular flexibility index (Phi) is 3.83. The highest BCUT2D eigenvalue weighted by atomic mass is 32.1. The molecule has 0 amide bonds. The summed E-state index contributed by atoms with van der Waals surface area (Å²) in [5, 5.41) is 3.33. The summed E-state index contributed by atoms with van der Waals surface area (Å²) < 4.78 is 13.2. The van der Waals surface area contributed by atoms with E-state index in [4.69, 9.17) is 0 Å². The Morgan fingerprint density at radius 3 is 2.33 bits per heavy atom. The topological polar surface area (TPSA) is 12.0 Å². The zero-order valence-corrected chi connectivity index (χ0v) is 12.0. The molecule has 2 aromatic rings. The number of rotatable bonds is 3. The van der Waals surface area contributed by atoms with Gasteiger partial charge in [0.15, 0.2) is 0 Å². The minimum absolute atomic E-state index is 0.135. The Bertz CT molecular complexity index is 560. The molecule has 0 saturated heterocycles. The fourth-order valence-electron chi connectivity index (χ4n) is 2.38. The maximum absolute atomic E-state index is 13.2. The molecule has 0 aliphatic heterocycles. The molecule has 3 heteroatoms. The smallest absolute Gasteiger partial charge is 0.123 e. The van der Waals surface area contributed by atoms with E-state index < -0.39 is 0 Å². The molecule has 0 bridgehead atoms. The highest BCUT2D eigenvalue weighted by Crippen LogP contribution is 2.32. The Balaban J connectivity index is 2.48. The molecule has 1 aromatic heterocycles. The zero-order chi connectivity index (χ0) is 13.3. The van der Waals surface area contributed by atoms with Crippen LogP contribution in [0.2, 0.25) is 0 Å². The summed E-state index contributed by atoms with van der Waals surface area (Å²) in [5.41, 5.74) is 3.41. The summed E-state index contributed by atoms with van der Waals surface area (Å²) >= 11 is 1.80. The van der Waals surface area contributed by atoms with Crippen molar-refractivity contribution in [3.63, 3.8) is 0 Å². The molecule has 0 saturated carbocycles. The Morgan fingerprint density at radius 1 is 1.11 bits per heavy atom.